The predicted molar refractivity (Wildman–Crippen MR) is 69.8 cm³/mol. The predicted octanol–water partition coefficient (Wildman–Crippen LogP) is 2.50. The molecule has 2 aromatic heterocycles. The third-order valence-corrected chi connectivity index (χ3v) is 2.90. The Morgan fingerprint density at radius 1 is 1.15 bits per heavy atom. The molecule has 0 fully saturated rings. The fourth-order valence-electron chi connectivity index (χ4n) is 2.02. The Labute approximate surface area is 113 Å². The molecular weight excluding hydrogens is 261 g/mol. The van der Waals surface area contributed by atoms with Crippen LogP contribution in [0, 0.1) is 5.82 Å². The van der Waals surface area contributed by atoms with E-state index in [1.807, 2.05) is 0 Å². The molecule has 1 N–H and O–H groups in total. The Hall–Kier alpha value is -2.89. The highest BCUT2D eigenvalue weighted by Crippen LogP contribution is 2.21. The Bertz CT molecular complexity index is 763. The number of aromatic nitrogens is 3. The van der Waals surface area contributed by atoms with Crippen LogP contribution in [0.4, 0.5) is 4.39 Å². The number of carbonyl (C=O) groups is 1. The number of halogens is 1. The van der Waals surface area contributed by atoms with E-state index in [9.17, 15) is 14.3 Å². The number of nitrogens with zero attached hydrogens (tertiary/aromatic N) is 3. The number of benzene rings is 1. The van der Waals surface area contributed by atoms with Gasteiger partial charge in [-0.2, -0.15) is 5.10 Å². The summed E-state index contributed by atoms with van der Waals surface area (Å²) in [5, 5.41) is 13.2. The molecule has 0 atom stereocenters. The maximum atomic E-state index is 13.9. The minimum atomic E-state index is -1.11. The third-order valence-electron chi connectivity index (χ3n) is 2.90. The summed E-state index contributed by atoms with van der Waals surface area (Å²) in [4.78, 5) is 11.3. The zero-order valence-corrected chi connectivity index (χ0v) is 10.3. The molecule has 0 aliphatic carbocycles. The summed E-state index contributed by atoms with van der Waals surface area (Å²) >= 11 is 0. The van der Waals surface area contributed by atoms with Gasteiger partial charge in [-0.1, -0.05) is 12.1 Å². The van der Waals surface area contributed by atoms with E-state index in [1.54, 1.807) is 47.3 Å². The van der Waals surface area contributed by atoms with Crippen molar-refractivity contribution in [3.05, 3.63) is 66.4 Å². The van der Waals surface area contributed by atoms with E-state index in [0.717, 1.165) is 0 Å². The fraction of sp³-hybridized carbons (Fsp3) is 0. The maximum absolute atomic E-state index is 13.9. The van der Waals surface area contributed by atoms with Crippen molar-refractivity contribution < 1.29 is 14.3 Å². The van der Waals surface area contributed by atoms with Crippen LogP contribution >= 0.6 is 0 Å². The van der Waals surface area contributed by atoms with Crippen LogP contribution in [0.1, 0.15) is 10.4 Å². The molecule has 5 nitrogen and oxygen atoms in total. The van der Waals surface area contributed by atoms with Crippen LogP contribution in [0.15, 0.2) is 55.0 Å². The number of carboxylic acid groups (broad SMARTS) is 1. The van der Waals surface area contributed by atoms with Gasteiger partial charge < -0.3 is 9.67 Å². The zero-order chi connectivity index (χ0) is 14.1. The largest absolute Gasteiger partial charge is 0.477 e. The summed E-state index contributed by atoms with van der Waals surface area (Å²) in [6, 6.07) is 9.59. The zero-order valence-electron chi connectivity index (χ0n) is 10.3. The molecule has 0 amide bonds. The Kier molecular flexibility index (Phi) is 2.83. The molecule has 0 bridgehead atoms. The number of hydrogen-bond acceptors (Lipinski definition) is 2. The number of rotatable bonds is 3. The lowest BCUT2D eigenvalue weighted by molar-refractivity contribution is 0.0697. The van der Waals surface area contributed by atoms with E-state index in [2.05, 4.69) is 5.10 Å². The molecule has 0 unspecified atom stereocenters. The highest BCUT2D eigenvalue weighted by atomic mass is 19.1. The second kappa shape index (κ2) is 4.65. The highest BCUT2D eigenvalue weighted by Gasteiger charge is 2.20. The molecule has 100 valence electrons. The number of para-hydroxylation sites is 1. The first-order valence-electron chi connectivity index (χ1n) is 5.88. The van der Waals surface area contributed by atoms with Gasteiger partial charge in [-0.15, -0.1) is 0 Å². The molecule has 0 aliphatic rings. The van der Waals surface area contributed by atoms with Crippen molar-refractivity contribution in [3.8, 4) is 11.5 Å². The van der Waals surface area contributed by atoms with Gasteiger partial charge in [0, 0.05) is 12.4 Å². The van der Waals surface area contributed by atoms with Gasteiger partial charge in [0.15, 0.2) is 5.82 Å². The van der Waals surface area contributed by atoms with Crippen LogP contribution < -0.4 is 0 Å². The minimum absolute atomic E-state index is 0.00412. The van der Waals surface area contributed by atoms with Gasteiger partial charge in [-0.05, 0) is 24.3 Å². The molecule has 2 heterocycles. The van der Waals surface area contributed by atoms with E-state index in [1.165, 1.54) is 16.9 Å². The molecular formula is C14H10FN3O2. The molecule has 3 aromatic rings. The maximum Gasteiger partial charge on any atom is 0.341 e. The summed E-state index contributed by atoms with van der Waals surface area (Å²) in [7, 11) is 0. The van der Waals surface area contributed by atoms with Crippen LogP contribution in [0.5, 0.6) is 0 Å². The molecule has 1 aromatic carbocycles. The number of aromatic carboxylic acids is 1. The van der Waals surface area contributed by atoms with Crippen molar-refractivity contribution in [2.24, 2.45) is 0 Å². The molecule has 0 saturated heterocycles. The standard InChI is InChI=1S/C14H10FN3O2/c15-11-5-1-2-6-12(11)18-13(17-7-3-4-8-17)10(9-16-18)14(19)20/h1-9H,(H,19,20). The van der Waals surface area contributed by atoms with E-state index in [-0.39, 0.29) is 17.1 Å². The van der Waals surface area contributed by atoms with Crippen molar-refractivity contribution >= 4 is 5.97 Å². The molecule has 3 rings (SSSR count). The first kappa shape index (κ1) is 12.2. The van der Waals surface area contributed by atoms with Crippen LogP contribution in [0.3, 0.4) is 0 Å². The van der Waals surface area contributed by atoms with Gasteiger partial charge >= 0.3 is 5.97 Å². The number of hydrogen-bond donors (Lipinski definition) is 1. The average Bonchev–Trinajstić information content (AvgIpc) is 3.07. The van der Waals surface area contributed by atoms with Crippen molar-refractivity contribution in [3.63, 3.8) is 0 Å². The van der Waals surface area contributed by atoms with Gasteiger partial charge in [-0.25, -0.2) is 13.9 Å². The second-order valence-electron chi connectivity index (χ2n) is 4.14. The lowest BCUT2D eigenvalue weighted by Gasteiger charge is -2.10. The molecule has 0 spiro atoms. The molecule has 20 heavy (non-hydrogen) atoms. The second-order valence-corrected chi connectivity index (χ2v) is 4.14. The molecule has 0 aliphatic heterocycles. The van der Waals surface area contributed by atoms with Gasteiger partial charge in [0.2, 0.25) is 0 Å². The summed E-state index contributed by atoms with van der Waals surface area (Å²) < 4.78 is 16.8. The van der Waals surface area contributed by atoms with Crippen molar-refractivity contribution in [1.29, 1.82) is 0 Å². The normalized spacial score (nSPS) is 10.7. The van der Waals surface area contributed by atoms with Crippen molar-refractivity contribution in [1.82, 2.24) is 14.3 Å². The van der Waals surface area contributed by atoms with E-state index in [4.69, 9.17) is 0 Å². The summed E-state index contributed by atoms with van der Waals surface area (Å²) in [5.74, 6) is -1.30. The summed E-state index contributed by atoms with van der Waals surface area (Å²) in [5.41, 5.74) is 0.202. The number of carboxylic acids is 1. The SMILES string of the molecule is O=C(O)c1cnn(-c2ccccc2F)c1-n1cccc1. The van der Waals surface area contributed by atoms with Crippen molar-refractivity contribution in [2.75, 3.05) is 0 Å². The quantitative estimate of drug-likeness (QED) is 0.796. The third kappa shape index (κ3) is 1.87. The Morgan fingerprint density at radius 2 is 1.85 bits per heavy atom. The molecule has 0 radical (unpaired) electrons. The highest BCUT2D eigenvalue weighted by molar-refractivity contribution is 5.91. The lowest BCUT2D eigenvalue weighted by Crippen LogP contribution is -2.09. The van der Waals surface area contributed by atoms with Gasteiger partial charge in [0.05, 0.1) is 6.20 Å². The topological polar surface area (TPSA) is 60.0 Å². The minimum Gasteiger partial charge on any atom is -0.477 e. The van der Waals surface area contributed by atoms with E-state index in [0.29, 0.717) is 0 Å². The monoisotopic (exact) mass is 271 g/mol. The van der Waals surface area contributed by atoms with E-state index < -0.39 is 11.8 Å². The average molecular weight is 271 g/mol. The Morgan fingerprint density at radius 3 is 2.50 bits per heavy atom. The lowest BCUT2D eigenvalue weighted by atomic mass is 10.3. The fourth-order valence-corrected chi connectivity index (χ4v) is 2.02. The van der Waals surface area contributed by atoms with Crippen LogP contribution in [0.25, 0.3) is 11.5 Å². The smallest absolute Gasteiger partial charge is 0.341 e. The summed E-state index contributed by atoms with van der Waals surface area (Å²) in [6.45, 7) is 0. The summed E-state index contributed by atoms with van der Waals surface area (Å²) in [6.07, 6.45) is 4.58. The van der Waals surface area contributed by atoms with E-state index >= 15 is 0 Å². The molecule has 0 saturated carbocycles. The first-order chi connectivity index (χ1) is 9.68. The van der Waals surface area contributed by atoms with Crippen LogP contribution in [0.2, 0.25) is 0 Å². The Balaban J connectivity index is 2.28. The van der Waals surface area contributed by atoms with Gasteiger partial charge in [-0.3, -0.25) is 0 Å². The van der Waals surface area contributed by atoms with Crippen LogP contribution in [-0.2, 0) is 0 Å². The molecule has 6 heteroatoms. The van der Waals surface area contributed by atoms with Crippen LogP contribution in [-0.4, -0.2) is 25.4 Å². The van der Waals surface area contributed by atoms with Crippen molar-refractivity contribution in [2.45, 2.75) is 0 Å². The first-order valence-corrected chi connectivity index (χ1v) is 5.88. The van der Waals surface area contributed by atoms with Gasteiger partial charge in [0.25, 0.3) is 0 Å². The van der Waals surface area contributed by atoms with Gasteiger partial charge in [0.1, 0.15) is 17.1 Å².